The molecule has 3 aromatic rings. The normalized spacial score (nSPS) is 11.6. The van der Waals surface area contributed by atoms with Gasteiger partial charge in [0.1, 0.15) is 0 Å². The van der Waals surface area contributed by atoms with Gasteiger partial charge in [0.05, 0.1) is 40.9 Å². The Morgan fingerprint density at radius 1 is 1.27 bits per heavy atom. The molecule has 2 aromatic heterocycles. The fraction of sp³-hybridized carbons (Fsp3) is 0.235. The van der Waals surface area contributed by atoms with Crippen molar-refractivity contribution in [3.8, 4) is 5.69 Å². The Morgan fingerprint density at radius 3 is 2.69 bits per heavy atom. The van der Waals surface area contributed by atoms with E-state index in [9.17, 15) is 18.0 Å². The van der Waals surface area contributed by atoms with Crippen LogP contribution in [-0.4, -0.2) is 20.8 Å². The second kappa shape index (κ2) is 6.66. The van der Waals surface area contributed by atoms with Gasteiger partial charge in [-0.15, -0.1) is 0 Å². The first-order valence-electron chi connectivity index (χ1n) is 7.68. The number of carbonyl (C=O) groups excluding carboxylic acids is 1. The average Bonchev–Trinajstić information content (AvgIpc) is 3.18. The standard InChI is InChI=1S/C17H15F3N4O2/c1-10-6-14(26-23-10)8-21-16(25)15-9-22-24(11(15)2)13-5-3-4-12(7-13)17(18,19)20/h3-7,9H,8H2,1-2H3,(H,21,25). The van der Waals surface area contributed by atoms with Crippen LogP contribution < -0.4 is 5.32 Å². The van der Waals surface area contributed by atoms with E-state index in [0.717, 1.165) is 12.1 Å². The lowest BCUT2D eigenvalue weighted by Gasteiger charge is -2.10. The van der Waals surface area contributed by atoms with Gasteiger partial charge in [-0.05, 0) is 32.0 Å². The maximum atomic E-state index is 12.9. The van der Waals surface area contributed by atoms with E-state index in [2.05, 4.69) is 15.6 Å². The molecule has 0 spiro atoms. The summed E-state index contributed by atoms with van der Waals surface area (Å²) < 4.78 is 44.9. The highest BCUT2D eigenvalue weighted by Gasteiger charge is 2.30. The molecule has 3 rings (SSSR count). The molecule has 136 valence electrons. The van der Waals surface area contributed by atoms with Crippen LogP contribution in [0.1, 0.15) is 33.1 Å². The number of nitrogens with zero attached hydrogens (tertiary/aromatic N) is 3. The predicted octanol–water partition coefficient (Wildman–Crippen LogP) is 3.43. The Balaban J connectivity index is 1.80. The highest BCUT2D eigenvalue weighted by molar-refractivity contribution is 5.95. The first kappa shape index (κ1) is 17.7. The lowest BCUT2D eigenvalue weighted by Crippen LogP contribution is -2.23. The number of halogens is 3. The molecule has 26 heavy (non-hydrogen) atoms. The van der Waals surface area contributed by atoms with Crippen molar-refractivity contribution in [2.45, 2.75) is 26.6 Å². The molecule has 6 nitrogen and oxygen atoms in total. The number of amides is 1. The van der Waals surface area contributed by atoms with Crippen LogP contribution in [0.5, 0.6) is 0 Å². The highest BCUT2D eigenvalue weighted by Crippen LogP contribution is 2.30. The Bertz CT molecular complexity index is 944. The number of hydrogen-bond donors (Lipinski definition) is 1. The van der Waals surface area contributed by atoms with Crippen molar-refractivity contribution in [1.82, 2.24) is 20.3 Å². The minimum absolute atomic E-state index is 0.147. The first-order chi connectivity index (χ1) is 12.3. The summed E-state index contributed by atoms with van der Waals surface area (Å²) in [6, 6.07) is 6.45. The van der Waals surface area contributed by atoms with Crippen molar-refractivity contribution in [3.05, 3.63) is 64.8 Å². The summed E-state index contributed by atoms with van der Waals surface area (Å²) in [5.74, 6) is 0.0913. The third-order valence-electron chi connectivity index (χ3n) is 3.77. The summed E-state index contributed by atoms with van der Waals surface area (Å²) in [6.07, 6.45) is -3.14. The van der Waals surface area contributed by atoms with Gasteiger partial charge in [-0.2, -0.15) is 18.3 Å². The molecule has 1 aromatic carbocycles. The summed E-state index contributed by atoms with van der Waals surface area (Å²) >= 11 is 0. The zero-order valence-electron chi connectivity index (χ0n) is 14.0. The van der Waals surface area contributed by atoms with Crippen molar-refractivity contribution >= 4 is 5.91 Å². The third-order valence-corrected chi connectivity index (χ3v) is 3.77. The van der Waals surface area contributed by atoms with Crippen LogP contribution in [0.2, 0.25) is 0 Å². The number of hydrogen-bond acceptors (Lipinski definition) is 4. The van der Waals surface area contributed by atoms with Crippen LogP contribution in [0.25, 0.3) is 5.69 Å². The molecule has 0 aliphatic carbocycles. The second-order valence-corrected chi connectivity index (χ2v) is 5.72. The number of aromatic nitrogens is 3. The Kier molecular flexibility index (Phi) is 4.54. The molecule has 0 aliphatic heterocycles. The quantitative estimate of drug-likeness (QED) is 0.770. The maximum Gasteiger partial charge on any atom is 0.416 e. The fourth-order valence-electron chi connectivity index (χ4n) is 2.47. The van der Waals surface area contributed by atoms with Gasteiger partial charge in [-0.25, -0.2) is 4.68 Å². The molecule has 0 atom stereocenters. The van der Waals surface area contributed by atoms with E-state index < -0.39 is 17.6 Å². The van der Waals surface area contributed by atoms with Gasteiger partial charge >= 0.3 is 6.18 Å². The van der Waals surface area contributed by atoms with Crippen LogP contribution in [0.4, 0.5) is 13.2 Å². The number of nitrogens with one attached hydrogen (secondary N) is 1. The zero-order chi connectivity index (χ0) is 18.9. The second-order valence-electron chi connectivity index (χ2n) is 5.72. The van der Waals surface area contributed by atoms with E-state index in [1.165, 1.54) is 23.0 Å². The number of benzene rings is 1. The minimum Gasteiger partial charge on any atom is -0.359 e. The van der Waals surface area contributed by atoms with E-state index >= 15 is 0 Å². The van der Waals surface area contributed by atoms with Gasteiger partial charge in [-0.3, -0.25) is 4.79 Å². The zero-order valence-corrected chi connectivity index (χ0v) is 14.0. The van der Waals surface area contributed by atoms with Crippen LogP contribution >= 0.6 is 0 Å². The third kappa shape index (κ3) is 3.61. The van der Waals surface area contributed by atoms with Crippen molar-refractivity contribution in [3.63, 3.8) is 0 Å². The number of carbonyl (C=O) groups is 1. The van der Waals surface area contributed by atoms with E-state index in [0.29, 0.717) is 17.1 Å². The van der Waals surface area contributed by atoms with E-state index in [4.69, 9.17) is 4.52 Å². The molecule has 0 saturated heterocycles. The molecule has 2 heterocycles. The fourth-order valence-corrected chi connectivity index (χ4v) is 2.47. The van der Waals surface area contributed by atoms with Crippen LogP contribution in [-0.2, 0) is 12.7 Å². The molecule has 0 aliphatic rings. The maximum absolute atomic E-state index is 12.9. The van der Waals surface area contributed by atoms with E-state index in [-0.39, 0.29) is 17.8 Å². The van der Waals surface area contributed by atoms with Crippen molar-refractivity contribution in [1.29, 1.82) is 0 Å². The molecule has 0 unspecified atom stereocenters. The Labute approximate surface area is 146 Å². The van der Waals surface area contributed by atoms with Gasteiger partial charge in [0, 0.05) is 6.07 Å². The van der Waals surface area contributed by atoms with Crippen LogP contribution in [0.15, 0.2) is 41.1 Å². The molecular weight excluding hydrogens is 349 g/mol. The first-order valence-corrected chi connectivity index (χ1v) is 7.68. The Hall–Kier alpha value is -3.10. The lowest BCUT2D eigenvalue weighted by atomic mass is 10.2. The summed E-state index contributed by atoms with van der Waals surface area (Å²) in [5, 5.41) is 10.4. The largest absolute Gasteiger partial charge is 0.416 e. The summed E-state index contributed by atoms with van der Waals surface area (Å²) in [6.45, 7) is 3.52. The lowest BCUT2D eigenvalue weighted by molar-refractivity contribution is -0.137. The molecule has 1 N–H and O–H groups in total. The topological polar surface area (TPSA) is 73.0 Å². The number of rotatable bonds is 4. The average molecular weight is 364 g/mol. The monoisotopic (exact) mass is 364 g/mol. The number of aryl methyl sites for hydroxylation is 1. The SMILES string of the molecule is Cc1cc(CNC(=O)c2cnn(-c3cccc(C(F)(F)F)c3)c2C)on1. The molecule has 1 amide bonds. The van der Waals surface area contributed by atoms with Crippen molar-refractivity contribution < 1.29 is 22.5 Å². The number of alkyl halides is 3. The summed E-state index contributed by atoms with van der Waals surface area (Å²) in [4.78, 5) is 12.3. The Morgan fingerprint density at radius 2 is 2.04 bits per heavy atom. The minimum atomic E-state index is -4.45. The summed E-state index contributed by atoms with van der Waals surface area (Å²) in [7, 11) is 0. The molecule has 0 saturated carbocycles. The van der Waals surface area contributed by atoms with Gasteiger partial charge < -0.3 is 9.84 Å². The van der Waals surface area contributed by atoms with Crippen molar-refractivity contribution in [2.24, 2.45) is 0 Å². The molecular formula is C17H15F3N4O2. The molecule has 0 fully saturated rings. The molecule has 9 heteroatoms. The van der Waals surface area contributed by atoms with E-state index in [1.54, 1.807) is 19.9 Å². The van der Waals surface area contributed by atoms with Crippen LogP contribution in [0, 0.1) is 13.8 Å². The highest BCUT2D eigenvalue weighted by atomic mass is 19.4. The molecule has 0 radical (unpaired) electrons. The van der Waals surface area contributed by atoms with Gasteiger partial charge in [-0.1, -0.05) is 11.2 Å². The summed E-state index contributed by atoms with van der Waals surface area (Å²) in [5.41, 5.74) is 0.829. The van der Waals surface area contributed by atoms with Crippen LogP contribution in [0.3, 0.4) is 0 Å². The van der Waals surface area contributed by atoms with Gasteiger partial charge in [0.15, 0.2) is 5.76 Å². The smallest absolute Gasteiger partial charge is 0.359 e. The van der Waals surface area contributed by atoms with Gasteiger partial charge in [0.2, 0.25) is 0 Å². The van der Waals surface area contributed by atoms with E-state index in [1.807, 2.05) is 0 Å². The van der Waals surface area contributed by atoms with Gasteiger partial charge in [0.25, 0.3) is 5.91 Å². The predicted molar refractivity (Wildman–Crippen MR) is 85.7 cm³/mol. The molecule has 0 bridgehead atoms. The van der Waals surface area contributed by atoms with Crippen molar-refractivity contribution in [2.75, 3.05) is 0 Å².